The quantitative estimate of drug-likeness (QED) is 0.695. The van der Waals surface area contributed by atoms with Crippen molar-refractivity contribution in [3.63, 3.8) is 0 Å². The summed E-state index contributed by atoms with van der Waals surface area (Å²) in [4.78, 5) is 38.2. The van der Waals surface area contributed by atoms with Crippen molar-refractivity contribution in [1.29, 1.82) is 0 Å². The molecule has 0 saturated carbocycles. The molecular weight excluding hydrogens is 260 g/mol. The van der Waals surface area contributed by atoms with Gasteiger partial charge in [-0.05, 0) is 19.8 Å². The van der Waals surface area contributed by atoms with Gasteiger partial charge in [-0.3, -0.25) is 14.4 Å². The lowest BCUT2D eigenvalue weighted by atomic mass is 9.95. The zero-order valence-corrected chi connectivity index (χ0v) is 12.6. The number of rotatable bonds is 5. The van der Waals surface area contributed by atoms with Crippen LogP contribution >= 0.6 is 0 Å². The van der Waals surface area contributed by atoms with Gasteiger partial charge in [0, 0.05) is 39.0 Å². The van der Waals surface area contributed by atoms with Crippen LogP contribution in [0, 0.1) is 5.92 Å². The van der Waals surface area contributed by atoms with Crippen LogP contribution in [0.4, 0.5) is 0 Å². The fourth-order valence-electron chi connectivity index (χ4n) is 2.45. The van der Waals surface area contributed by atoms with Crippen molar-refractivity contribution >= 4 is 17.8 Å². The van der Waals surface area contributed by atoms with Gasteiger partial charge in [-0.2, -0.15) is 0 Å². The van der Waals surface area contributed by atoms with Gasteiger partial charge in [-0.15, -0.1) is 0 Å². The van der Waals surface area contributed by atoms with Crippen LogP contribution in [0.3, 0.4) is 0 Å². The molecule has 1 rings (SSSR count). The van der Waals surface area contributed by atoms with E-state index in [1.165, 1.54) is 7.11 Å². The summed E-state index contributed by atoms with van der Waals surface area (Å²) in [5.74, 6) is -0.195. The van der Waals surface area contributed by atoms with Crippen LogP contribution in [0.2, 0.25) is 0 Å². The number of esters is 1. The van der Waals surface area contributed by atoms with E-state index in [-0.39, 0.29) is 30.1 Å². The Morgan fingerprint density at radius 3 is 2.30 bits per heavy atom. The van der Waals surface area contributed by atoms with E-state index in [9.17, 15) is 14.4 Å². The van der Waals surface area contributed by atoms with E-state index in [1.807, 2.05) is 6.92 Å². The Hall–Kier alpha value is -1.59. The summed E-state index contributed by atoms with van der Waals surface area (Å²) >= 11 is 0. The highest BCUT2D eigenvalue weighted by atomic mass is 16.5. The zero-order chi connectivity index (χ0) is 15.1. The molecule has 1 aliphatic heterocycles. The minimum atomic E-state index is -0.303. The molecule has 6 heteroatoms. The summed E-state index contributed by atoms with van der Waals surface area (Å²) in [7, 11) is 1.35. The van der Waals surface area contributed by atoms with E-state index >= 15 is 0 Å². The fourth-order valence-corrected chi connectivity index (χ4v) is 2.45. The highest BCUT2D eigenvalue weighted by Gasteiger charge is 2.28. The predicted molar refractivity (Wildman–Crippen MR) is 73.9 cm³/mol. The van der Waals surface area contributed by atoms with Crippen LogP contribution in [-0.4, -0.2) is 60.9 Å². The molecule has 0 spiro atoms. The molecule has 0 bridgehead atoms. The number of methoxy groups -OCH3 is 1. The molecule has 1 fully saturated rings. The molecule has 0 atom stereocenters. The molecule has 0 aliphatic carbocycles. The molecular formula is C14H24N2O4. The summed E-state index contributed by atoms with van der Waals surface area (Å²) in [5.41, 5.74) is 0. The van der Waals surface area contributed by atoms with Gasteiger partial charge in [-0.25, -0.2) is 0 Å². The molecule has 2 amide bonds. The number of nitrogens with zero attached hydrogens (tertiary/aromatic N) is 2. The van der Waals surface area contributed by atoms with Gasteiger partial charge >= 0.3 is 5.97 Å². The van der Waals surface area contributed by atoms with Crippen molar-refractivity contribution in [2.75, 3.05) is 33.3 Å². The average Bonchev–Trinajstić information content (AvgIpc) is 2.47. The minimum Gasteiger partial charge on any atom is -0.469 e. The molecule has 114 valence electrons. The lowest BCUT2D eigenvalue weighted by Crippen LogP contribution is -2.44. The Morgan fingerprint density at radius 2 is 1.85 bits per heavy atom. The number of likely N-dealkylation sites (tertiary alicyclic amines) is 1. The van der Waals surface area contributed by atoms with E-state index in [1.54, 1.807) is 16.7 Å². The minimum absolute atomic E-state index is 0.0387. The highest BCUT2D eigenvalue weighted by Crippen LogP contribution is 2.20. The van der Waals surface area contributed by atoms with E-state index in [0.717, 1.165) is 0 Å². The Balaban J connectivity index is 2.47. The first-order valence-corrected chi connectivity index (χ1v) is 7.10. The summed E-state index contributed by atoms with van der Waals surface area (Å²) in [6.07, 6.45) is 1.63. The van der Waals surface area contributed by atoms with Crippen LogP contribution in [0.15, 0.2) is 0 Å². The van der Waals surface area contributed by atoms with Crippen molar-refractivity contribution < 1.29 is 19.1 Å². The normalized spacial score (nSPS) is 15.8. The Bertz CT molecular complexity index is 362. The molecule has 0 radical (unpaired) electrons. The number of ether oxygens (including phenoxy) is 1. The molecule has 0 aromatic rings. The van der Waals surface area contributed by atoms with Gasteiger partial charge < -0.3 is 14.5 Å². The third-order valence-corrected chi connectivity index (χ3v) is 3.80. The third-order valence-electron chi connectivity index (χ3n) is 3.80. The predicted octanol–water partition coefficient (Wildman–Crippen LogP) is 0.656. The van der Waals surface area contributed by atoms with Crippen LogP contribution in [-0.2, 0) is 19.1 Å². The number of piperidine rings is 1. The van der Waals surface area contributed by atoms with E-state index < -0.39 is 0 Å². The largest absolute Gasteiger partial charge is 0.469 e. The molecule has 1 saturated heterocycles. The van der Waals surface area contributed by atoms with E-state index in [0.29, 0.717) is 39.0 Å². The van der Waals surface area contributed by atoms with Crippen molar-refractivity contribution in [2.45, 2.75) is 33.1 Å². The molecule has 20 heavy (non-hydrogen) atoms. The highest BCUT2D eigenvalue weighted by molar-refractivity contribution is 5.80. The van der Waals surface area contributed by atoms with Gasteiger partial charge in [0.25, 0.3) is 0 Å². The number of carbonyl (C=O) groups excluding carboxylic acids is 3. The first kappa shape index (κ1) is 16.5. The molecule has 0 unspecified atom stereocenters. The van der Waals surface area contributed by atoms with Crippen LogP contribution in [0.1, 0.15) is 33.1 Å². The first-order valence-electron chi connectivity index (χ1n) is 7.10. The summed E-state index contributed by atoms with van der Waals surface area (Å²) in [6.45, 7) is 5.72. The maximum absolute atomic E-state index is 12.4. The number of amides is 2. The monoisotopic (exact) mass is 284 g/mol. The van der Waals surface area contributed by atoms with E-state index in [2.05, 4.69) is 4.74 Å². The van der Waals surface area contributed by atoms with Gasteiger partial charge in [-0.1, -0.05) is 0 Å². The standard InChI is InChI=1S/C14H24N2O4/c1-4-15(10-7-13(18)20-3)14(19)12-5-8-16(9-6-12)11(2)17/h12H,4-10H2,1-3H3. The van der Waals surface area contributed by atoms with Gasteiger partial charge in [0.1, 0.15) is 0 Å². The van der Waals surface area contributed by atoms with Crippen molar-refractivity contribution in [3.8, 4) is 0 Å². The van der Waals surface area contributed by atoms with Gasteiger partial charge in [0.15, 0.2) is 0 Å². The number of carbonyl (C=O) groups is 3. The fraction of sp³-hybridized carbons (Fsp3) is 0.786. The van der Waals surface area contributed by atoms with E-state index in [4.69, 9.17) is 0 Å². The number of hydrogen-bond donors (Lipinski definition) is 0. The van der Waals surface area contributed by atoms with Crippen LogP contribution in [0.5, 0.6) is 0 Å². The Labute approximate surface area is 120 Å². The van der Waals surface area contributed by atoms with Gasteiger partial charge in [0.2, 0.25) is 11.8 Å². The second-order valence-electron chi connectivity index (χ2n) is 5.02. The third kappa shape index (κ3) is 4.51. The zero-order valence-electron chi connectivity index (χ0n) is 12.6. The lowest BCUT2D eigenvalue weighted by Gasteiger charge is -2.33. The van der Waals surface area contributed by atoms with Crippen LogP contribution in [0.25, 0.3) is 0 Å². The van der Waals surface area contributed by atoms with Crippen LogP contribution < -0.4 is 0 Å². The summed E-state index contributed by atoms with van der Waals surface area (Å²) < 4.78 is 4.59. The van der Waals surface area contributed by atoms with Gasteiger partial charge in [0.05, 0.1) is 13.5 Å². The maximum atomic E-state index is 12.4. The SMILES string of the molecule is CCN(CCC(=O)OC)C(=O)C1CCN(C(C)=O)CC1. The molecule has 1 heterocycles. The molecule has 0 aromatic carbocycles. The smallest absolute Gasteiger partial charge is 0.307 e. The topological polar surface area (TPSA) is 66.9 Å². The molecule has 6 nitrogen and oxygen atoms in total. The molecule has 0 N–H and O–H groups in total. The molecule has 0 aromatic heterocycles. The maximum Gasteiger partial charge on any atom is 0.307 e. The van der Waals surface area contributed by atoms with Crippen molar-refractivity contribution in [1.82, 2.24) is 9.80 Å². The Kier molecular flexibility index (Phi) is 6.48. The van der Waals surface area contributed by atoms with Crippen molar-refractivity contribution in [2.24, 2.45) is 5.92 Å². The first-order chi connectivity index (χ1) is 9.49. The Morgan fingerprint density at radius 1 is 1.25 bits per heavy atom. The summed E-state index contributed by atoms with van der Waals surface area (Å²) in [5, 5.41) is 0. The second kappa shape index (κ2) is 7.87. The second-order valence-corrected chi connectivity index (χ2v) is 5.02. The lowest BCUT2D eigenvalue weighted by molar-refractivity contribution is -0.143. The summed E-state index contributed by atoms with van der Waals surface area (Å²) in [6, 6.07) is 0. The number of hydrogen-bond acceptors (Lipinski definition) is 4. The average molecular weight is 284 g/mol. The molecule has 1 aliphatic rings. The van der Waals surface area contributed by atoms with Crippen molar-refractivity contribution in [3.05, 3.63) is 0 Å².